The van der Waals surface area contributed by atoms with E-state index in [0.717, 1.165) is 12.8 Å². The number of carboxylic acid groups (broad SMARTS) is 2. The fraction of sp³-hybridized carbons (Fsp3) is 0.818. The predicted octanol–water partition coefficient (Wildman–Crippen LogP) is 1.49. The quantitative estimate of drug-likeness (QED) is 0.560. The molecule has 0 aliphatic heterocycles. The molecular weight excluding hydrogens is 212 g/mol. The van der Waals surface area contributed by atoms with Crippen LogP contribution in [0.4, 0.5) is 0 Å². The Morgan fingerprint density at radius 2 is 1.81 bits per heavy atom. The largest absolute Gasteiger partial charge is 0.481 e. The van der Waals surface area contributed by atoms with Crippen molar-refractivity contribution in [3.05, 3.63) is 0 Å². The van der Waals surface area contributed by atoms with Gasteiger partial charge < -0.3 is 15.3 Å². The number of hydrogen-bond donors (Lipinski definition) is 3. The zero-order valence-corrected chi connectivity index (χ0v) is 9.56. The van der Waals surface area contributed by atoms with Crippen molar-refractivity contribution in [3.8, 4) is 0 Å². The maximum Gasteiger partial charge on any atom is 0.306 e. The minimum absolute atomic E-state index is 0.0772. The maximum absolute atomic E-state index is 10.8. The summed E-state index contributed by atoms with van der Waals surface area (Å²) in [7, 11) is 0. The molecule has 2 unspecified atom stereocenters. The van der Waals surface area contributed by atoms with Crippen LogP contribution in [-0.2, 0) is 9.59 Å². The van der Waals surface area contributed by atoms with E-state index in [0.29, 0.717) is 6.42 Å². The number of aliphatic hydroxyl groups is 1. The smallest absolute Gasteiger partial charge is 0.306 e. The van der Waals surface area contributed by atoms with Crippen LogP contribution in [0.25, 0.3) is 0 Å². The fourth-order valence-corrected chi connectivity index (χ4v) is 1.53. The van der Waals surface area contributed by atoms with Crippen LogP contribution in [0.5, 0.6) is 0 Å². The van der Waals surface area contributed by atoms with Crippen molar-refractivity contribution in [2.24, 2.45) is 5.92 Å². The van der Waals surface area contributed by atoms with E-state index in [9.17, 15) is 14.7 Å². The molecule has 0 amide bonds. The van der Waals surface area contributed by atoms with Crippen LogP contribution in [0.15, 0.2) is 0 Å². The lowest BCUT2D eigenvalue weighted by atomic mass is 9.94. The van der Waals surface area contributed by atoms with Gasteiger partial charge in [-0.2, -0.15) is 0 Å². The first-order chi connectivity index (χ1) is 7.47. The highest BCUT2D eigenvalue weighted by atomic mass is 16.4. The highest BCUT2D eigenvalue weighted by Gasteiger charge is 2.21. The molecule has 0 bridgehead atoms. The van der Waals surface area contributed by atoms with E-state index in [2.05, 4.69) is 0 Å². The lowest BCUT2D eigenvalue weighted by Crippen LogP contribution is -2.21. The molecule has 0 radical (unpaired) electrons. The summed E-state index contributed by atoms with van der Waals surface area (Å²) in [6.07, 6.45) is 1.78. The Morgan fingerprint density at radius 3 is 2.25 bits per heavy atom. The van der Waals surface area contributed by atoms with E-state index >= 15 is 0 Å². The standard InChI is InChI=1S/C11H20O5/c1-2-3-4-9(12)7-8(11(15)16)5-6-10(13)14/h8-9,12H,2-7H2,1H3,(H,13,14)(H,15,16). The summed E-state index contributed by atoms with van der Waals surface area (Å²) in [5.41, 5.74) is 0. The van der Waals surface area contributed by atoms with Crippen molar-refractivity contribution in [2.75, 3.05) is 0 Å². The molecule has 5 heteroatoms. The Morgan fingerprint density at radius 1 is 1.19 bits per heavy atom. The fourth-order valence-electron chi connectivity index (χ4n) is 1.53. The molecule has 0 rings (SSSR count). The van der Waals surface area contributed by atoms with Crippen molar-refractivity contribution >= 4 is 11.9 Å². The third-order valence-electron chi connectivity index (χ3n) is 2.50. The molecule has 0 fully saturated rings. The van der Waals surface area contributed by atoms with Gasteiger partial charge in [-0.15, -0.1) is 0 Å². The zero-order chi connectivity index (χ0) is 12.6. The summed E-state index contributed by atoms with van der Waals surface area (Å²) in [5.74, 6) is -2.80. The number of carbonyl (C=O) groups is 2. The van der Waals surface area contributed by atoms with Crippen molar-refractivity contribution < 1.29 is 24.9 Å². The van der Waals surface area contributed by atoms with E-state index < -0.39 is 24.0 Å². The zero-order valence-electron chi connectivity index (χ0n) is 9.56. The van der Waals surface area contributed by atoms with E-state index in [1.807, 2.05) is 6.92 Å². The van der Waals surface area contributed by atoms with Crippen molar-refractivity contribution in [1.29, 1.82) is 0 Å². The van der Waals surface area contributed by atoms with E-state index in [1.54, 1.807) is 0 Å². The molecule has 16 heavy (non-hydrogen) atoms. The van der Waals surface area contributed by atoms with Gasteiger partial charge >= 0.3 is 11.9 Å². The molecule has 5 nitrogen and oxygen atoms in total. The predicted molar refractivity (Wildman–Crippen MR) is 58.1 cm³/mol. The minimum Gasteiger partial charge on any atom is -0.481 e. The normalized spacial score (nSPS) is 14.4. The topological polar surface area (TPSA) is 94.8 Å². The molecular formula is C11H20O5. The van der Waals surface area contributed by atoms with E-state index in [1.165, 1.54) is 0 Å². The summed E-state index contributed by atoms with van der Waals surface area (Å²) in [5, 5.41) is 26.9. The summed E-state index contributed by atoms with van der Waals surface area (Å²) in [6, 6.07) is 0. The molecule has 0 spiro atoms. The van der Waals surface area contributed by atoms with Crippen LogP contribution in [-0.4, -0.2) is 33.4 Å². The Kier molecular flexibility index (Phi) is 7.54. The second-order valence-corrected chi connectivity index (χ2v) is 4.00. The molecule has 94 valence electrons. The first-order valence-electron chi connectivity index (χ1n) is 5.60. The summed E-state index contributed by atoms with van der Waals surface area (Å²) < 4.78 is 0. The molecule has 0 aromatic rings. The Balaban J connectivity index is 4.01. The number of carboxylic acids is 2. The van der Waals surface area contributed by atoms with Gasteiger partial charge in [-0.05, 0) is 19.3 Å². The van der Waals surface area contributed by atoms with Crippen molar-refractivity contribution in [3.63, 3.8) is 0 Å². The highest BCUT2D eigenvalue weighted by molar-refractivity contribution is 5.72. The Hall–Kier alpha value is -1.10. The maximum atomic E-state index is 10.8. The molecule has 2 atom stereocenters. The van der Waals surface area contributed by atoms with Crippen LogP contribution in [0.1, 0.15) is 45.4 Å². The average Bonchev–Trinajstić information content (AvgIpc) is 2.20. The average molecular weight is 232 g/mol. The Labute approximate surface area is 95.1 Å². The van der Waals surface area contributed by atoms with Gasteiger partial charge in [0.05, 0.1) is 12.0 Å². The number of aliphatic hydroxyl groups excluding tert-OH is 1. The van der Waals surface area contributed by atoms with E-state index in [4.69, 9.17) is 10.2 Å². The third-order valence-corrected chi connectivity index (χ3v) is 2.50. The van der Waals surface area contributed by atoms with Gasteiger partial charge in [0.25, 0.3) is 0 Å². The van der Waals surface area contributed by atoms with E-state index in [-0.39, 0.29) is 19.3 Å². The monoisotopic (exact) mass is 232 g/mol. The molecule has 0 heterocycles. The molecule has 0 aliphatic carbocycles. The number of aliphatic carboxylic acids is 2. The van der Waals surface area contributed by atoms with Crippen molar-refractivity contribution in [1.82, 2.24) is 0 Å². The molecule has 0 aromatic carbocycles. The molecule has 0 saturated carbocycles. The summed E-state index contributed by atoms with van der Waals surface area (Å²) in [6.45, 7) is 1.99. The SMILES string of the molecule is CCCCC(O)CC(CCC(=O)O)C(=O)O. The first-order valence-corrected chi connectivity index (χ1v) is 5.60. The first kappa shape index (κ1) is 14.9. The highest BCUT2D eigenvalue weighted by Crippen LogP contribution is 2.17. The van der Waals surface area contributed by atoms with Crippen molar-refractivity contribution in [2.45, 2.75) is 51.6 Å². The lowest BCUT2D eigenvalue weighted by molar-refractivity contribution is -0.144. The molecule has 3 N–H and O–H groups in total. The summed E-state index contributed by atoms with van der Waals surface area (Å²) in [4.78, 5) is 21.1. The van der Waals surface area contributed by atoms with Gasteiger partial charge in [0.2, 0.25) is 0 Å². The number of rotatable bonds is 9. The number of hydrogen-bond acceptors (Lipinski definition) is 3. The molecule has 0 aliphatic rings. The third kappa shape index (κ3) is 7.23. The van der Waals surface area contributed by atoms with Gasteiger partial charge in [-0.1, -0.05) is 19.8 Å². The van der Waals surface area contributed by atoms with Gasteiger partial charge in [0, 0.05) is 6.42 Å². The van der Waals surface area contributed by atoms with Gasteiger partial charge in [-0.3, -0.25) is 9.59 Å². The van der Waals surface area contributed by atoms with Crippen LogP contribution in [0, 0.1) is 5.92 Å². The Bertz CT molecular complexity index is 226. The minimum atomic E-state index is -1.03. The van der Waals surface area contributed by atoms with Crippen LogP contribution in [0.3, 0.4) is 0 Å². The lowest BCUT2D eigenvalue weighted by Gasteiger charge is -2.15. The molecule has 0 aromatic heterocycles. The van der Waals surface area contributed by atoms with Gasteiger partial charge in [-0.25, -0.2) is 0 Å². The molecule has 0 saturated heterocycles. The summed E-state index contributed by atoms with van der Waals surface area (Å²) >= 11 is 0. The second kappa shape index (κ2) is 8.10. The van der Waals surface area contributed by atoms with Crippen LogP contribution < -0.4 is 0 Å². The van der Waals surface area contributed by atoms with Gasteiger partial charge in [0.1, 0.15) is 0 Å². The van der Waals surface area contributed by atoms with Crippen LogP contribution >= 0.6 is 0 Å². The van der Waals surface area contributed by atoms with Crippen LogP contribution in [0.2, 0.25) is 0 Å². The van der Waals surface area contributed by atoms with Gasteiger partial charge in [0.15, 0.2) is 0 Å². The number of unbranched alkanes of at least 4 members (excludes halogenated alkanes) is 1. The second-order valence-electron chi connectivity index (χ2n) is 4.00.